The number of halogens is 1. The van der Waals surface area contributed by atoms with Gasteiger partial charge < -0.3 is 19.7 Å². The van der Waals surface area contributed by atoms with E-state index in [1.54, 1.807) is 24.1 Å². The zero-order valence-corrected chi connectivity index (χ0v) is 14.6. The van der Waals surface area contributed by atoms with Gasteiger partial charge in [0.1, 0.15) is 5.82 Å². The van der Waals surface area contributed by atoms with Crippen LogP contribution in [0, 0.1) is 11.7 Å². The molecule has 1 N–H and O–H groups in total. The Bertz CT molecular complexity index is 520. The second-order valence-corrected chi connectivity index (χ2v) is 6.52. The predicted molar refractivity (Wildman–Crippen MR) is 90.5 cm³/mol. The van der Waals surface area contributed by atoms with Crippen LogP contribution in [-0.2, 0) is 15.9 Å². The van der Waals surface area contributed by atoms with E-state index in [0.29, 0.717) is 32.7 Å². The smallest absolute Gasteiger partial charge is 0.317 e. The van der Waals surface area contributed by atoms with Crippen LogP contribution in [0.5, 0.6) is 0 Å². The van der Waals surface area contributed by atoms with E-state index in [4.69, 9.17) is 9.47 Å². The molecular weight excluding hydrogens is 311 g/mol. The Kier molecular flexibility index (Phi) is 6.99. The number of carbonyl (C=O) groups is 1. The summed E-state index contributed by atoms with van der Waals surface area (Å²) in [6.07, 6.45) is 0.597. The molecule has 2 unspecified atom stereocenters. The Morgan fingerprint density at radius 3 is 2.75 bits per heavy atom. The average molecular weight is 338 g/mol. The number of rotatable bonds is 6. The maximum absolute atomic E-state index is 13.0. The van der Waals surface area contributed by atoms with Gasteiger partial charge in [-0.25, -0.2) is 9.18 Å². The topological polar surface area (TPSA) is 50.8 Å². The van der Waals surface area contributed by atoms with Crippen molar-refractivity contribution in [1.29, 1.82) is 0 Å². The summed E-state index contributed by atoms with van der Waals surface area (Å²) in [5.74, 6) is 0.0243. The number of hydrogen-bond acceptors (Lipinski definition) is 3. The zero-order chi connectivity index (χ0) is 17.5. The molecule has 2 rings (SSSR count). The van der Waals surface area contributed by atoms with E-state index in [2.05, 4.69) is 19.2 Å². The van der Waals surface area contributed by atoms with Crippen LogP contribution in [0.15, 0.2) is 24.3 Å². The Labute approximate surface area is 143 Å². The lowest BCUT2D eigenvalue weighted by atomic mass is 9.96. The van der Waals surface area contributed by atoms with Crippen LogP contribution >= 0.6 is 0 Å². The zero-order valence-electron chi connectivity index (χ0n) is 14.6. The molecule has 134 valence electrons. The first kappa shape index (κ1) is 18.7. The minimum atomic E-state index is -0.249. The summed E-state index contributed by atoms with van der Waals surface area (Å²) in [6.45, 7) is 6.25. The van der Waals surface area contributed by atoms with Gasteiger partial charge in [0.2, 0.25) is 0 Å². The molecule has 0 saturated carbocycles. The number of ether oxygens (including phenoxy) is 2. The number of carbonyl (C=O) groups excluding carboxylic acids is 1. The highest BCUT2D eigenvalue weighted by atomic mass is 19.1. The Hall–Kier alpha value is -1.66. The standard InChI is InChI=1S/C18H27FN2O3/c1-13(2)17(10-14-4-6-15(19)7-5-14)20-18(22)21-8-9-24-16(11-21)12-23-3/h4-7,13,16-17H,8-12H2,1-3H3,(H,20,22). The van der Waals surface area contributed by atoms with Crippen molar-refractivity contribution in [3.63, 3.8) is 0 Å². The first-order chi connectivity index (χ1) is 11.5. The lowest BCUT2D eigenvalue weighted by molar-refractivity contribution is -0.0497. The Balaban J connectivity index is 1.94. The molecule has 1 heterocycles. The fraction of sp³-hybridized carbons (Fsp3) is 0.611. The molecule has 1 aliphatic heterocycles. The summed E-state index contributed by atoms with van der Waals surface area (Å²) in [5.41, 5.74) is 1.01. The summed E-state index contributed by atoms with van der Waals surface area (Å²) < 4.78 is 23.7. The molecule has 1 fully saturated rings. The SMILES string of the molecule is COCC1CN(C(=O)NC(Cc2ccc(F)cc2)C(C)C)CCO1. The minimum absolute atomic E-state index is 0.00770. The molecule has 1 aromatic carbocycles. The molecule has 5 nitrogen and oxygen atoms in total. The van der Waals surface area contributed by atoms with Crippen LogP contribution in [-0.4, -0.2) is 56.5 Å². The van der Waals surface area contributed by atoms with Crippen molar-refractivity contribution in [2.45, 2.75) is 32.4 Å². The number of benzene rings is 1. The van der Waals surface area contributed by atoms with E-state index in [1.807, 2.05) is 0 Å². The highest BCUT2D eigenvalue weighted by Gasteiger charge is 2.26. The van der Waals surface area contributed by atoms with Gasteiger partial charge in [-0.1, -0.05) is 26.0 Å². The van der Waals surface area contributed by atoms with Gasteiger partial charge in [-0.2, -0.15) is 0 Å². The monoisotopic (exact) mass is 338 g/mol. The third-order valence-electron chi connectivity index (χ3n) is 4.26. The first-order valence-electron chi connectivity index (χ1n) is 8.40. The molecule has 0 bridgehead atoms. The number of nitrogens with zero attached hydrogens (tertiary/aromatic N) is 1. The minimum Gasteiger partial charge on any atom is -0.382 e. The molecule has 24 heavy (non-hydrogen) atoms. The Morgan fingerprint density at radius 2 is 2.12 bits per heavy atom. The highest BCUT2D eigenvalue weighted by molar-refractivity contribution is 5.74. The molecule has 1 saturated heterocycles. The molecule has 1 aromatic rings. The van der Waals surface area contributed by atoms with Crippen LogP contribution in [0.3, 0.4) is 0 Å². The van der Waals surface area contributed by atoms with Crippen molar-refractivity contribution in [2.24, 2.45) is 5.92 Å². The fourth-order valence-corrected chi connectivity index (χ4v) is 2.77. The van der Waals surface area contributed by atoms with Gasteiger partial charge in [-0.15, -0.1) is 0 Å². The molecule has 0 radical (unpaired) electrons. The summed E-state index contributed by atoms with van der Waals surface area (Å²) in [6, 6.07) is 6.34. The van der Waals surface area contributed by atoms with Crippen LogP contribution in [0.1, 0.15) is 19.4 Å². The van der Waals surface area contributed by atoms with Crippen LogP contribution in [0.2, 0.25) is 0 Å². The molecule has 0 aromatic heterocycles. The summed E-state index contributed by atoms with van der Waals surface area (Å²) in [4.78, 5) is 14.3. The predicted octanol–water partition coefficient (Wildman–Crippen LogP) is 2.45. The van der Waals surface area contributed by atoms with Gasteiger partial charge in [0.05, 0.1) is 25.9 Å². The van der Waals surface area contributed by atoms with Crippen molar-refractivity contribution < 1.29 is 18.7 Å². The average Bonchev–Trinajstić information content (AvgIpc) is 2.56. The second kappa shape index (κ2) is 8.99. The van der Waals surface area contributed by atoms with E-state index in [9.17, 15) is 9.18 Å². The number of nitrogens with one attached hydrogen (secondary N) is 1. The highest BCUT2D eigenvalue weighted by Crippen LogP contribution is 2.13. The summed E-state index contributed by atoms with van der Waals surface area (Å²) in [7, 11) is 1.62. The van der Waals surface area contributed by atoms with E-state index >= 15 is 0 Å². The van der Waals surface area contributed by atoms with E-state index in [0.717, 1.165) is 5.56 Å². The van der Waals surface area contributed by atoms with E-state index in [-0.39, 0.29) is 29.9 Å². The van der Waals surface area contributed by atoms with Gasteiger partial charge in [0.15, 0.2) is 0 Å². The van der Waals surface area contributed by atoms with Crippen molar-refractivity contribution in [3.8, 4) is 0 Å². The van der Waals surface area contributed by atoms with Gasteiger partial charge in [-0.05, 0) is 30.0 Å². The second-order valence-electron chi connectivity index (χ2n) is 6.52. The molecule has 0 spiro atoms. The maximum Gasteiger partial charge on any atom is 0.317 e. The molecule has 0 aliphatic carbocycles. The Morgan fingerprint density at radius 1 is 1.42 bits per heavy atom. The number of morpholine rings is 1. The van der Waals surface area contributed by atoms with E-state index < -0.39 is 0 Å². The third kappa shape index (κ3) is 5.46. The number of urea groups is 1. The van der Waals surface area contributed by atoms with E-state index in [1.165, 1.54) is 12.1 Å². The van der Waals surface area contributed by atoms with Crippen molar-refractivity contribution in [2.75, 3.05) is 33.4 Å². The molecular formula is C18H27FN2O3. The largest absolute Gasteiger partial charge is 0.382 e. The summed E-state index contributed by atoms with van der Waals surface area (Å²) >= 11 is 0. The number of methoxy groups -OCH3 is 1. The number of hydrogen-bond donors (Lipinski definition) is 1. The normalized spacial score (nSPS) is 19.4. The van der Waals surface area contributed by atoms with Crippen LogP contribution in [0.4, 0.5) is 9.18 Å². The first-order valence-corrected chi connectivity index (χ1v) is 8.40. The van der Waals surface area contributed by atoms with Crippen molar-refractivity contribution >= 4 is 6.03 Å². The van der Waals surface area contributed by atoms with Gasteiger partial charge >= 0.3 is 6.03 Å². The van der Waals surface area contributed by atoms with Gasteiger partial charge in [0.25, 0.3) is 0 Å². The lowest BCUT2D eigenvalue weighted by Gasteiger charge is -2.34. The van der Waals surface area contributed by atoms with Gasteiger partial charge in [0, 0.05) is 19.7 Å². The fourth-order valence-electron chi connectivity index (χ4n) is 2.77. The molecule has 6 heteroatoms. The van der Waals surface area contributed by atoms with Crippen LogP contribution < -0.4 is 5.32 Å². The van der Waals surface area contributed by atoms with Gasteiger partial charge in [-0.3, -0.25) is 0 Å². The van der Waals surface area contributed by atoms with Crippen LogP contribution in [0.25, 0.3) is 0 Å². The maximum atomic E-state index is 13.0. The number of amides is 2. The third-order valence-corrected chi connectivity index (χ3v) is 4.26. The quantitative estimate of drug-likeness (QED) is 0.867. The summed E-state index contributed by atoms with van der Waals surface area (Å²) in [5, 5.41) is 3.11. The lowest BCUT2D eigenvalue weighted by Crippen LogP contribution is -2.53. The molecule has 1 aliphatic rings. The van der Waals surface area contributed by atoms with Crippen molar-refractivity contribution in [1.82, 2.24) is 10.2 Å². The molecule has 2 atom stereocenters. The molecule has 2 amide bonds. The van der Waals surface area contributed by atoms with Crippen molar-refractivity contribution in [3.05, 3.63) is 35.6 Å².